The standard InChI is InChI=1S/C15H14N4O2/c1-21-12-6-4-5-11(9-12)10-16-15(20)19-14-8-3-2-7-13(14)17-18-19/h2-9H,10H2,1H3,(H,16,20). The Labute approximate surface area is 121 Å². The lowest BCUT2D eigenvalue weighted by atomic mass is 10.2. The van der Waals surface area contributed by atoms with Crippen LogP contribution in [-0.4, -0.2) is 28.1 Å². The molecule has 1 aromatic heterocycles. The van der Waals surface area contributed by atoms with Crippen molar-refractivity contribution in [2.24, 2.45) is 0 Å². The molecule has 0 radical (unpaired) electrons. The molecule has 0 spiro atoms. The summed E-state index contributed by atoms with van der Waals surface area (Å²) in [7, 11) is 1.61. The zero-order chi connectivity index (χ0) is 14.7. The molecule has 1 amide bonds. The van der Waals surface area contributed by atoms with E-state index in [1.165, 1.54) is 4.68 Å². The molecule has 0 bridgehead atoms. The normalized spacial score (nSPS) is 10.5. The van der Waals surface area contributed by atoms with Gasteiger partial charge in [0.15, 0.2) is 0 Å². The van der Waals surface area contributed by atoms with E-state index in [1.807, 2.05) is 42.5 Å². The number of ether oxygens (including phenoxy) is 1. The van der Waals surface area contributed by atoms with Crippen LogP contribution in [0.2, 0.25) is 0 Å². The molecule has 0 fully saturated rings. The third kappa shape index (κ3) is 2.69. The first kappa shape index (κ1) is 13.1. The van der Waals surface area contributed by atoms with Gasteiger partial charge in [0, 0.05) is 6.54 Å². The van der Waals surface area contributed by atoms with Crippen molar-refractivity contribution in [2.75, 3.05) is 7.11 Å². The van der Waals surface area contributed by atoms with E-state index in [0.717, 1.165) is 11.3 Å². The van der Waals surface area contributed by atoms with Gasteiger partial charge < -0.3 is 10.1 Å². The van der Waals surface area contributed by atoms with Gasteiger partial charge >= 0.3 is 6.03 Å². The SMILES string of the molecule is COc1cccc(CNC(=O)n2nnc3ccccc32)c1. The number of rotatable bonds is 3. The van der Waals surface area contributed by atoms with Gasteiger partial charge in [-0.25, -0.2) is 4.79 Å². The number of nitrogens with one attached hydrogen (secondary N) is 1. The first-order valence-corrected chi connectivity index (χ1v) is 6.49. The Morgan fingerprint density at radius 1 is 1.24 bits per heavy atom. The van der Waals surface area contributed by atoms with Crippen molar-refractivity contribution in [1.82, 2.24) is 20.3 Å². The molecule has 0 aliphatic rings. The van der Waals surface area contributed by atoms with E-state index in [9.17, 15) is 4.79 Å². The van der Waals surface area contributed by atoms with Gasteiger partial charge in [-0.05, 0) is 29.8 Å². The molecule has 0 aliphatic heterocycles. The van der Waals surface area contributed by atoms with E-state index >= 15 is 0 Å². The maximum Gasteiger partial charge on any atom is 0.344 e. The summed E-state index contributed by atoms with van der Waals surface area (Å²) < 4.78 is 6.41. The summed E-state index contributed by atoms with van der Waals surface area (Å²) in [6.07, 6.45) is 0. The fourth-order valence-electron chi connectivity index (χ4n) is 2.05. The first-order chi connectivity index (χ1) is 10.3. The van der Waals surface area contributed by atoms with Crippen LogP contribution in [-0.2, 0) is 6.54 Å². The molecule has 0 atom stereocenters. The molecule has 3 aromatic rings. The number of carbonyl (C=O) groups is 1. The second-order valence-electron chi connectivity index (χ2n) is 4.50. The van der Waals surface area contributed by atoms with Crippen LogP contribution in [0.15, 0.2) is 48.5 Å². The predicted octanol–water partition coefficient (Wildman–Crippen LogP) is 2.20. The molecule has 6 nitrogen and oxygen atoms in total. The Bertz CT molecular complexity index is 782. The zero-order valence-electron chi connectivity index (χ0n) is 11.5. The number of aromatic nitrogens is 3. The average Bonchev–Trinajstić information content (AvgIpc) is 2.97. The van der Waals surface area contributed by atoms with Crippen molar-refractivity contribution in [3.05, 3.63) is 54.1 Å². The maximum atomic E-state index is 12.2. The van der Waals surface area contributed by atoms with Gasteiger partial charge in [-0.1, -0.05) is 29.5 Å². The Morgan fingerprint density at radius 3 is 2.95 bits per heavy atom. The number of fused-ring (bicyclic) bond motifs is 1. The molecule has 1 N–H and O–H groups in total. The van der Waals surface area contributed by atoms with E-state index in [4.69, 9.17) is 4.74 Å². The van der Waals surface area contributed by atoms with Crippen LogP contribution in [0.4, 0.5) is 4.79 Å². The summed E-state index contributed by atoms with van der Waals surface area (Å²) >= 11 is 0. The van der Waals surface area contributed by atoms with Gasteiger partial charge in [0.2, 0.25) is 0 Å². The van der Waals surface area contributed by atoms with Crippen molar-refractivity contribution in [3.8, 4) is 5.75 Å². The topological polar surface area (TPSA) is 69.0 Å². The Hall–Kier alpha value is -2.89. The van der Waals surface area contributed by atoms with Crippen molar-refractivity contribution >= 4 is 17.1 Å². The van der Waals surface area contributed by atoms with Gasteiger partial charge in [0.25, 0.3) is 0 Å². The number of para-hydroxylation sites is 1. The highest BCUT2D eigenvalue weighted by Gasteiger charge is 2.10. The zero-order valence-corrected chi connectivity index (χ0v) is 11.5. The van der Waals surface area contributed by atoms with Crippen LogP contribution in [0, 0.1) is 0 Å². The number of carbonyl (C=O) groups excluding carboxylic acids is 1. The molecular formula is C15H14N4O2. The summed E-state index contributed by atoms with van der Waals surface area (Å²) in [4.78, 5) is 12.2. The number of benzene rings is 2. The molecule has 0 saturated heterocycles. The van der Waals surface area contributed by atoms with Crippen LogP contribution in [0.3, 0.4) is 0 Å². The highest BCUT2D eigenvalue weighted by atomic mass is 16.5. The molecule has 0 aliphatic carbocycles. The predicted molar refractivity (Wildman–Crippen MR) is 78.2 cm³/mol. The number of hydrogen-bond donors (Lipinski definition) is 1. The van der Waals surface area contributed by atoms with Crippen LogP contribution in [0.1, 0.15) is 5.56 Å². The third-order valence-electron chi connectivity index (χ3n) is 3.12. The number of nitrogens with zero attached hydrogens (tertiary/aromatic N) is 3. The third-order valence-corrected chi connectivity index (χ3v) is 3.12. The summed E-state index contributed by atoms with van der Waals surface area (Å²) in [5, 5.41) is 10.6. The highest BCUT2D eigenvalue weighted by Crippen LogP contribution is 2.13. The highest BCUT2D eigenvalue weighted by molar-refractivity contribution is 5.87. The lowest BCUT2D eigenvalue weighted by molar-refractivity contribution is 0.239. The summed E-state index contributed by atoms with van der Waals surface area (Å²) in [5.41, 5.74) is 2.32. The maximum absolute atomic E-state index is 12.2. The second-order valence-corrected chi connectivity index (χ2v) is 4.50. The quantitative estimate of drug-likeness (QED) is 0.799. The van der Waals surface area contributed by atoms with Crippen molar-refractivity contribution in [1.29, 1.82) is 0 Å². The second kappa shape index (κ2) is 5.62. The van der Waals surface area contributed by atoms with Crippen LogP contribution in [0.25, 0.3) is 11.0 Å². The lowest BCUT2D eigenvalue weighted by Gasteiger charge is -2.06. The monoisotopic (exact) mass is 282 g/mol. The van der Waals surface area contributed by atoms with Crippen molar-refractivity contribution in [3.63, 3.8) is 0 Å². The fourth-order valence-corrected chi connectivity index (χ4v) is 2.05. The van der Waals surface area contributed by atoms with E-state index in [1.54, 1.807) is 13.2 Å². The van der Waals surface area contributed by atoms with Crippen LogP contribution < -0.4 is 10.1 Å². The molecule has 6 heteroatoms. The van der Waals surface area contributed by atoms with Gasteiger partial charge in [-0.2, -0.15) is 4.68 Å². The van der Waals surface area contributed by atoms with Crippen molar-refractivity contribution < 1.29 is 9.53 Å². The average molecular weight is 282 g/mol. The fraction of sp³-hybridized carbons (Fsp3) is 0.133. The van der Waals surface area contributed by atoms with E-state index in [-0.39, 0.29) is 6.03 Å². The van der Waals surface area contributed by atoms with Gasteiger partial charge in [0.1, 0.15) is 11.3 Å². The van der Waals surface area contributed by atoms with Crippen LogP contribution >= 0.6 is 0 Å². The smallest absolute Gasteiger partial charge is 0.344 e. The number of hydrogen-bond acceptors (Lipinski definition) is 4. The Balaban J connectivity index is 1.74. The van der Waals surface area contributed by atoms with E-state index in [0.29, 0.717) is 17.6 Å². The first-order valence-electron chi connectivity index (χ1n) is 6.49. The summed E-state index contributed by atoms with van der Waals surface area (Å²) in [6.45, 7) is 0.393. The summed E-state index contributed by atoms with van der Waals surface area (Å²) in [6, 6.07) is 14.5. The van der Waals surface area contributed by atoms with E-state index < -0.39 is 0 Å². The molecule has 3 rings (SSSR count). The van der Waals surface area contributed by atoms with Gasteiger partial charge in [0.05, 0.1) is 12.6 Å². The van der Waals surface area contributed by atoms with Gasteiger partial charge in [-0.15, -0.1) is 5.10 Å². The minimum absolute atomic E-state index is 0.313. The lowest BCUT2D eigenvalue weighted by Crippen LogP contribution is -2.28. The van der Waals surface area contributed by atoms with Crippen LogP contribution in [0.5, 0.6) is 5.75 Å². The Morgan fingerprint density at radius 2 is 2.10 bits per heavy atom. The number of methoxy groups -OCH3 is 1. The molecule has 2 aromatic carbocycles. The largest absolute Gasteiger partial charge is 0.497 e. The van der Waals surface area contributed by atoms with Crippen molar-refractivity contribution in [2.45, 2.75) is 6.54 Å². The minimum Gasteiger partial charge on any atom is -0.497 e. The Kier molecular flexibility index (Phi) is 3.51. The molecule has 106 valence electrons. The van der Waals surface area contributed by atoms with Gasteiger partial charge in [-0.3, -0.25) is 0 Å². The molecule has 1 heterocycles. The summed E-state index contributed by atoms with van der Waals surface area (Å²) in [5.74, 6) is 0.757. The molecule has 0 unspecified atom stereocenters. The molecule has 21 heavy (non-hydrogen) atoms. The van der Waals surface area contributed by atoms with E-state index in [2.05, 4.69) is 15.6 Å². The molecular weight excluding hydrogens is 268 g/mol. The number of amides is 1. The minimum atomic E-state index is -0.313. The molecule has 0 saturated carbocycles.